The standard InChI is InChI=1S/C14H30N2O/c1-14(2)16-11-9-15(10-12-16)8-6-4-5-7-13-17-3/h14H,4-13H2,1-3H3. The zero-order chi connectivity index (χ0) is 12.5. The maximum Gasteiger partial charge on any atom is 0.0462 e. The summed E-state index contributed by atoms with van der Waals surface area (Å²) >= 11 is 0. The molecule has 1 heterocycles. The summed E-state index contributed by atoms with van der Waals surface area (Å²) in [6, 6.07) is 0.714. The number of hydrogen-bond acceptors (Lipinski definition) is 3. The molecule has 0 aliphatic carbocycles. The van der Waals surface area contributed by atoms with Gasteiger partial charge in [-0.1, -0.05) is 12.8 Å². The van der Waals surface area contributed by atoms with Crippen molar-refractivity contribution in [3.05, 3.63) is 0 Å². The van der Waals surface area contributed by atoms with Gasteiger partial charge in [0.25, 0.3) is 0 Å². The molecule has 3 heteroatoms. The van der Waals surface area contributed by atoms with E-state index in [0.717, 1.165) is 6.61 Å². The van der Waals surface area contributed by atoms with E-state index in [1.54, 1.807) is 7.11 Å². The van der Waals surface area contributed by atoms with Crippen LogP contribution in [0.1, 0.15) is 39.5 Å². The van der Waals surface area contributed by atoms with Crippen molar-refractivity contribution in [3.63, 3.8) is 0 Å². The van der Waals surface area contributed by atoms with E-state index in [1.807, 2.05) is 0 Å². The summed E-state index contributed by atoms with van der Waals surface area (Å²) in [4.78, 5) is 5.20. The Bertz CT molecular complexity index is 177. The van der Waals surface area contributed by atoms with Crippen LogP contribution >= 0.6 is 0 Å². The summed E-state index contributed by atoms with van der Waals surface area (Å²) in [7, 11) is 1.79. The molecule has 3 nitrogen and oxygen atoms in total. The van der Waals surface area contributed by atoms with Crippen molar-refractivity contribution in [2.24, 2.45) is 0 Å². The van der Waals surface area contributed by atoms with Crippen LogP contribution in [-0.4, -0.2) is 62.3 Å². The summed E-state index contributed by atoms with van der Waals surface area (Å²) in [6.07, 6.45) is 5.25. The van der Waals surface area contributed by atoms with E-state index in [4.69, 9.17) is 4.74 Å². The SMILES string of the molecule is COCCCCCCN1CCN(C(C)C)CC1. The number of methoxy groups -OCH3 is 1. The molecule has 0 spiro atoms. The first kappa shape index (κ1) is 14.9. The fourth-order valence-electron chi connectivity index (χ4n) is 2.44. The number of hydrogen-bond donors (Lipinski definition) is 0. The Labute approximate surface area is 107 Å². The first-order chi connectivity index (χ1) is 8.24. The smallest absolute Gasteiger partial charge is 0.0462 e. The topological polar surface area (TPSA) is 15.7 Å². The molecule has 0 N–H and O–H groups in total. The summed E-state index contributed by atoms with van der Waals surface area (Å²) in [5.41, 5.74) is 0. The quantitative estimate of drug-likeness (QED) is 0.607. The van der Waals surface area contributed by atoms with Gasteiger partial charge in [-0.2, -0.15) is 0 Å². The molecule has 1 fully saturated rings. The normalized spacial score (nSPS) is 19.1. The number of ether oxygens (including phenoxy) is 1. The lowest BCUT2D eigenvalue weighted by Gasteiger charge is -2.36. The van der Waals surface area contributed by atoms with Gasteiger partial charge in [0.2, 0.25) is 0 Å². The van der Waals surface area contributed by atoms with Crippen LogP contribution in [0.15, 0.2) is 0 Å². The van der Waals surface area contributed by atoms with Crippen molar-refractivity contribution in [1.82, 2.24) is 9.80 Å². The first-order valence-electron chi connectivity index (χ1n) is 7.19. The summed E-state index contributed by atoms with van der Waals surface area (Å²) in [5.74, 6) is 0. The number of piperazine rings is 1. The summed E-state index contributed by atoms with van der Waals surface area (Å²) in [5, 5.41) is 0. The molecule has 0 aromatic carbocycles. The van der Waals surface area contributed by atoms with E-state index in [-0.39, 0.29) is 0 Å². The largest absolute Gasteiger partial charge is 0.385 e. The minimum absolute atomic E-state index is 0.714. The highest BCUT2D eigenvalue weighted by Gasteiger charge is 2.17. The third-order valence-electron chi connectivity index (χ3n) is 3.71. The lowest BCUT2D eigenvalue weighted by molar-refractivity contribution is 0.107. The van der Waals surface area contributed by atoms with Crippen LogP contribution < -0.4 is 0 Å². The molecule has 0 aromatic rings. The molecule has 1 rings (SSSR count). The van der Waals surface area contributed by atoms with Crippen LogP contribution in [-0.2, 0) is 4.74 Å². The monoisotopic (exact) mass is 242 g/mol. The van der Waals surface area contributed by atoms with Crippen LogP contribution in [0.25, 0.3) is 0 Å². The Morgan fingerprint density at radius 3 is 2.18 bits per heavy atom. The van der Waals surface area contributed by atoms with Crippen LogP contribution in [0.4, 0.5) is 0 Å². The van der Waals surface area contributed by atoms with Gasteiger partial charge in [-0.05, 0) is 33.2 Å². The maximum absolute atomic E-state index is 5.06. The minimum Gasteiger partial charge on any atom is -0.385 e. The lowest BCUT2D eigenvalue weighted by atomic mass is 10.2. The van der Waals surface area contributed by atoms with Crippen molar-refractivity contribution in [3.8, 4) is 0 Å². The van der Waals surface area contributed by atoms with Gasteiger partial charge in [0.1, 0.15) is 0 Å². The molecule has 0 atom stereocenters. The van der Waals surface area contributed by atoms with E-state index in [0.29, 0.717) is 6.04 Å². The Morgan fingerprint density at radius 2 is 1.59 bits per heavy atom. The molecule has 0 amide bonds. The van der Waals surface area contributed by atoms with E-state index >= 15 is 0 Å². The zero-order valence-electron chi connectivity index (χ0n) is 12.0. The molecule has 0 unspecified atom stereocenters. The highest BCUT2D eigenvalue weighted by molar-refractivity contribution is 4.73. The second-order valence-electron chi connectivity index (χ2n) is 5.38. The van der Waals surface area contributed by atoms with Crippen molar-refractivity contribution in [1.29, 1.82) is 0 Å². The Hall–Kier alpha value is -0.120. The Kier molecular flexibility index (Phi) is 7.82. The highest BCUT2D eigenvalue weighted by atomic mass is 16.5. The molecular weight excluding hydrogens is 212 g/mol. The Morgan fingerprint density at radius 1 is 0.941 bits per heavy atom. The van der Waals surface area contributed by atoms with Crippen LogP contribution in [0.3, 0.4) is 0 Å². The zero-order valence-corrected chi connectivity index (χ0v) is 12.0. The van der Waals surface area contributed by atoms with Crippen molar-refractivity contribution >= 4 is 0 Å². The number of unbranched alkanes of at least 4 members (excludes halogenated alkanes) is 3. The fourth-order valence-corrected chi connectivity index (χ4v) is 2.44. The predicted molar refractivity (Wildman–Crippen MR) is 73.5 cm³/mol. The molecule has 102 valence electrons. The van der Waals surface area contributed by atoms with Crippen LogP contribution in [0, 0.1) is 0 Å². The highest BCUT2D eigenvalue weighted by Crippen LogP contribution is 2.08. The third kappa shape index (κ3) is 6.39. The molecule has 1 saturated heterocycles. The maximum atomic E-state index is 5.06. The third-order valence-corrected chi connectivity index (χ3v) is 3.71. The van der Waals surface area contributed by atoms with Gasteiger partial charge in [0, 0.05) is 45.9 Å². The predicted octanol–water partition coefficient (Wildman–Crippen LogP) is 2.22. The molecule has 0 aromatic heterocycles. The molecule has 17 heavy (non-hydrogen) atoms. The van der Waals surface area contributed by atoms with Gasteiger partial charge < -0.3 is 9.64 Å². The van der Waals surface area contributed by atoms with E-state index < -0.39 is 0 Å². The van der Waals surface area contributed by atoms with Gasteiger partial charge in [0.05, 0.1) is 0 Å². The van der Waals surface area contributed by atoms with Crippen LogP contribution in [0.2, 0.25) is 0 Å². The van der Waals surface area contributed by atoms with Crippen molar-refractivity contribution < 1.29 is 4.74 Å². The summed E-state index contributed by atoms with van der Waals surface area (Å²) in [6.45, 7) is 11.8. The van der Waals surface area contributed by atoms with E-state index in [9.17, 15) is 0 Å². The number of rotatable bonds is 8. The van der Waals surface area contributed by atoms with Gasteiger partial charge in [-0.3, -0.25) is 4.90 Å². The molecular formula is C14H30N2O. The van der Waals surface area contributed by atoms with Gasteiger partial charge in [-0.25, -0.2) is 0 Å². The van der Waals surface area contributed by atoms with Crippen molar-refractivity contribution in [2.75, 3.05) is 46.4 Å². The average molecular weight is 242 g/mol. The minimum atomic E-state index is 0.714. The summed E-state index contributed by atoms with van der Waals surface area (Å²) < 4.78 is 5.06. The second kappa shape index (κ2) is 8.90. The van der Waals surface area contributed by atoms with E-state index in [1.165, 1.54) is 58.4 Å². The van der Waals surface area contributed by atoms with Gasteiger partial charge in [0.15, 0.2) is 0 Å². The lowest BCUT2D eigenvalue weighted by Crippen LogP contribution is -2.48. The first-order valence-corrected chi connectivity index (χ1v) is 7.19. The van der Waals surface area contributed by atoms with Gasteiger partial charge in [-0.15, -0.1) is 0 Å². The molecule has 1 aliphatic heterocycles. The van der Waals surface area contributed by atoms with Gasteiger partial charge >= 0.3 is 0 Å². The fraction of sp³-hybridized carbons (Fsp3) is 1.00. The second-order valence-corrected chi connectivity index (χ2v) is 5.38. The Balaban J connectivity index is 1.95. The molecule has 0 saturated carbocycles. The molecule has 0 bridgehead atoms. The van der Waals surface area contributed by atoms with Crippen molar-refractivity contribution in [2.45, 2.75) is 45.6 Å². The molecule has 1 aliphatic rings. The molecule has 0 radical (unpaired) electrons. The average Bonchev–Trinajstić information content (AvgIpc) is 2.34. The number of nitrogens with zero attached hydrogens (tertiary/aromatic N) is 2. The van der Waals surface area contributed by atoms with E-state index in [2.05, 4.69) is 23.6 Å². The van der Waals surface area contributed by atoms with Crippen LogP contribution in [0.5, 0.6) is 0 Å².